The maximum atomic E-state index is 2.59. The highest BCUT2D eigenvalue weighted by Crippen LogP contribution is 2.65. The normalized spacial score (nSPS) is 18.2. The van der Waals surface area contributed by atoms with Crippen LogP contribution in [0.4, 0.5) is 17.1 Å². The fourth-order valence-electron chi connectivity index (χ4n) is 10.3. The van der Waals surface area contributed by atoms with Crippen molar-refractivity contribution in [2.24, 2.45) is 17.3 Å². The van der Waals surface area contributed by atoms with E-state index in [1.807, 2.05) is 0 Å². The van der Waals surface area contributed by atoms with Crippen LogP contribution in [-0.2, 0) is 6.42 Å². The Labute approximate surface area is 341 Å². The summed E-state index contributed by atoms with van der Waals surface area (Å²) < 4.78 is 0. The Bertz CT molecular complexity index is 3030. The van der Waals surface area contributed by atoms with Gasteiger partial charge in [-0.05, 0) is 126 Å². The molecule has 0 N–H and O–H groups in total. The predicted octanol–water partition coefficient (Wildman–Crippen LogP) is 15.4. The maximum absolute atomic E-state index is 2.59. The van der Waals surface area contributed by atoms with Crippen molar-refractivity contribution >= 4 is 65.7 Å². The molecule has 1 saturated carbocycles. The van der Waals surface area contributed by atoms with E-state index in [1.54, 1.807) is 0 Å². The number of hydrogen-bond acceptors (Lipinski definition) is 1. The zero-order chi connectivity index (χ0) is 38.6. The third kappa shape index (κ3) is 5.84. The van der Waals surface area contributed by atoms with E-state index in [9.17, 15) is 0 Å². The van der Waals surface area contributed by atoms with Crippen molar-refractivity contribution < 1.29 is 0 Å². The minimum Gasteiger partial charge on any atom is -0.310 e. The van der Waals surface area contributed by atoms with Crippen LogP contribution < -0.4 is 4.90 Å². The zero-order valence-electron chi connectivity index (χ0n) is 32.8. The standard InChI is InChI=1S/C57H45N/c1-39(54(34-40-16-4-2-5-17-40)55-36-43-18-8-10-22-48(43)50-24-12-13-26-52(50)55)57-33-32-42(35-45(57)38-57)41-28-30-47(31-29-41)58(46-20-6-3-7-21-46)56-37-44-19-9-11-23-49(44)51-25-14-15-27-53(51)56/h2-33,35-37,39,45,54H,34,38H2,1H3. The van der Waals surface area contributed by atoms with Gasteiger partial charge in [0.25, 0.3) is 0 Å². The quantitative estimate of drug-likeness (QED) is 0.133. The first-order chi connectivity index (χ1) is 28.6. The van der Waals surface area contributed by atoms with Crippen molar-refractivity contribution in [3.8, 4) is 0 Å². The summed E-state index contributed by atoms with van der Waals surface area (Å²) >= 11 is 0. The molecule has 2 aliphatic rings. The molecule has 11 rings (SSSR count). The molecule has 0 aromatic heterocycles. The molecule has 0 spiro atoms. The molecule has 0 saturated heterocycles. The second-order valence-electron chi connectivity index (χ2n) is 16.6. The van der Waals surface area contributed by atoms with E-state index in [0.29, 0.717) is 17.8 Å². The Hall–Kier alpha value is -6.70. The van der Waals surface area contributed by atoms with E-state index in [0.717, 1.165) is 17.8 Å². The number of para-hydroxylation sites is 1. The monoisotopic (exact) mass is 743 g/mol. The summed E-state index contributed by atoms with van der Waals surface area (Å²) in [6.45, 7) is 2.53. The van der Waals surface area contributed by atoms with E-state index >= 15 is 0 Å². The van der Waals surface area contributed by atoms with Crippen molar-refractivity contribution in [3.05, 3.63) is 229 Å². The number of hydrogen-bond donors (Lipinski definition) is 0. The molecule has 9 aromatic rings. The van der Waals surface area contributed by atoms with Gasteiger partial charge in [0.15, 0.2) is 0 Å². The molecular weight excluding hydrogens is 699 g/mol. The molecule has 0 radical (unpaired) electrons. The molecule has 0 amide bonds. The lowest BCUT2D eigenvalue weighted by Crippen LogP contribution is -2.24. The summed E-state index contributed by atoms with van der Waals surface area (Å²) in [5, 5.41) is 10.5. The molecule has 0 bridgehead atoms. The molecule has 4 atom stereocenters. The Morgan fingerprint density at radius 3 is 1.74 bits per heavy atom. The van der Waals surface area contributed by atoms with Crippen molar-refractivity contribution in [1.82, 2.24) is 0 Å². The van der Waals surface area contributed by atoms with Gasteiger partial charge in [0, 0.05) is 16.8 Å². The van der Waals surface area contributed by atoms with Gasteiger partial charge < -0.3 is 4.90 Å². The van der Waals surface area contributed by atoms with Crippen LogP contribution >= 0.6 is 0 Å². The fourth-order valence-corrected chi connectivity index (χ4v) is 10.3. The topological polar surface area (TPSA) is 3.24 Å². The second kappa shape index (κ2) is 14.0. The van der Waals surface area contributed by atoms with Crippen molar-refractivity contribution in [2.75, 3.05) is 4.90 Å². The highest BCUT2D eigenvalue weighted by atomic mass is 15.1. The van der Waals surface area contributed by atoms with Crippen LogP contribution in [0.15, 0.2) is 212 Å². The van der Waals surface area contributed by atoms with E-state index in [1.165, 1.54) is 77.5 Å². The van der Waals surface area contributed by atoms with Gasteiger partial charge >= 0.3 is 0 Å². The van der Waals surface area contributed by atoms with Gasteiger partial charge in [0.2, 0.25) is 0 Å². The van der Waals surface area contributed by atoms with Crippen molar-refractivity contribution in [3.63, 3.8) is 0 Å². The minimum absolute atomic E-state index is 0.150. The second-order valence-corrected chi connectivity index (χ2v) is 16.6. The van der Waals surface area contributed by atoms with Crippen LogP contribution in [0, 0.1) is 17.3 Å². The summed E-state index contributed by atoms with van der Waals surface area (Å²) in [4.78, 5) is 2.42. The van der Waals surface area contributed by atoms with Crippen LogP contribution in [0.1, 0.15) is 36.0 Å². The van der Waals surface area contributed by atoms with Gasteiger partial charge in [0.05, 0.1) is 5.69 Å². The number of anilines is 3. The number of rotatable bonds is 9. The summed E-state index contributed by atoms with van der Waals surface area (Å²) in [5.74, 6) is 1.35. The number of allylic oxidation sites excluding steroid dienone is 4. The molecule has 0 aliphatic heterocycles. The van der Waals surface area contributed by atoms with Crippen LogP contribution in [0.2, 0.25) is 0 Å². The van der Waals surface area contributed by atoms with E-state index in [2.05, 4.69) is 224 Å². The largest absolute Gasteiger partial charge is 0.310 e. The Morgan fingerprint density at radius 1 is 0.534 bits per heavy atom. The van der Waals surface area contributed by atoms with Crippen LogP contribution in [0.5, 0.6) is 0 Å². The minimum atomic E-state index is 0.150. The molecule has 1 nitrogen and oxygen atoms in total. The van der Waals surface area contributed by atoms with Gasteiger partial charge in [-0.2, -0.15) is 0 Å². The van der Waals surface area contributed by atoms with Crippen LogP contribution in [-0.4, -0.2) is 0 Å². The first-order valence-electron chi connectivity index (χ1n) is 20.9. The average molecular weight is 744 g/mol. The smallest absolute Gasteiger partial charge is 0.0546 e. The number of nitrogens with zero attached hydrogens (tertiary/aromatic N) is 1. The van der Waals surface area contributed by atoms with E-state index in [4.69, 9.17) is 0 Å². The summed E-state index contributed by atoms with van der Waals surface area (Å²) in [5.41, 5.74) is 9.11. The third-order valence-electron chi connectivity index (χ3n) is 13.5. The van der Waals surface area contributed by atoms with Crippen molar-refractivity contribution in [2.45, 2.75) is 25.7 Å². The molecule has 1 heteroatoms. The summed E-state index contributed by atoms with van der Waals surface area (Å²) in [6, 6.07) is 71.6. The summed E-state index contributed by atoms with van der Waals surface area (Å²) in [6.07, 6.45) is 9.81. The van der Waals surface area contributed by atoms with E-state index in [-0.39, 0.29) is 5.41 Å². The molecule has 58 heavy (non-hydrogen) atoms. The maximum Gasteiger partial charge on any atom is 0.0546 e. The molecule has 4 unspecified atom stereocenters. The Morgan fingerprint density at radius 2 is 1.07 bits per heavy atom. The van der Waals surface area contributed by atoms with Gasteiger partial charge in [-0.15, -0.1) is 0 Å². The number of fused-ring (bicyclic) bond motifs is 7. The van der Waals surface area contributed by atoms with E-state index < -0.39 is 0 Å². The SMILES string of the molecule is CC(C(Cc1ccccc1)c1cc2ccccc2c2ccccc12)C12C=CC(c3ccc(N(c4ccccc4)c4cc5ccccc5c5ccccc45)cc3)=CC1C2. The highest BCUT2D eigenvalue weighted by molar-refractivity contribution is 6.14. The van der Waals surface area contributed by atoms with Gasteiger partial charge in [-0.1, -0.05) is 189 Å². The first-order valence-corrected chi connectivity index (χ1v) is 20.9. The first kappa shape index (κ1) is 34.5. The Kier molecular flexibility index (Phi) is 8.36. The predicted molar refractivity (Wildman–Crippen MR) is 247 cm³/mol. The van der Waals surface area contributed by atoms with Gasteiger partial charge in [0.1, 0.15) is 0 Å². The number of benzene rings is 9. The molecule has 0 heterocycles. The molecule has 278 valence electrons. The summed E-state index contributed by atoms with van der Waals surface area (Å²) in [7, 11) is 0. The molecule has 1 fully saturated rings. The Balaban J connectivity index is 0.935. The lowest BCUT2D eigenvalue weighted by Gasteiger charge is -2.33. The molecule has 2 aliphatic carbocycles. The molecule has 9 aromatic carbocycles. The van der Waals surface area contributed by atoms with Crippen LogP contribution in [0.3, 0.4) is 0 Å². The van der Waals surface area contributed by atoms with Gasteiger partial charge in [-0.25, -0.2) is 0 Å². The zero-order valence-corrected chi connectivity index (χ0v) is 32.8. The lowest BCUT2D eigenvalue weighted by molar-refractivity contribution is 0.321. The van der Waals surface area contributed by atoms with Crippen molar-refractivity contribution in [1.29, 1.82) is 0 Å². The molecular formula is C57H45N. The highest BCUT2D eigenvalue weighted by Gasteiger charge is 2.57. The average Bonchev–Trinajstić information content (AvgIpc) is 4.04. The fraction of sp³-hybridized carbons (Fsp3) is 0.123. The third-order valence-corrected chi connectivity index (χ3v) is 13.5. The lowest BCUT2D eigenvalue weighted by atomic mass is 9.70. The van der Waals surface area contributed by atoms with Gasteiger partial charge in [-0.3, -0.25) is 0 Å². The van der Waals surface area contributed by atoms with Crippen LogP contribution in [0.25, 0.3) is 48.7 Å².